The normalized spacial score (nSPS) is 11.2. The van der Waals surface area contributed by atoms with Gasteiger partial charge in [0.2, 0.25) is 0 Å². The maximum atomic E-state index is 12.7. The fourth-order valence-corrected chi connectivity index (χ4v) is 3.63. The number of carbonyl (C=O) groups excluding carboxylic acids is 2. The molecule has 2 amide bonds. The molecule has 0 heterocycles. The SMILES string of the molecule is COCCCN=C(N)c1ccc(NC(=O)c2ccc(C(=O)Nc3ccc(C(N)=NCCCOC)cc3)cc2)cc1.Cl.Cl. The van der Waals surface area contributed by atoms with Crippen molar-refractivity contribution in [2.45, 2.75) is 12.8 Å². The van der Waals surface area contributed by atoms with Crippen molar-refractivity contribution in [2.24, 2.45) is 21.5 Å². The lowest BCUT2D eigenvalue weighted by molar-refractivity contribution is 0.101. The average molecular weight is 618 g/mol. The molecular formula is C30H38Cl2N6O4. The van der Waals surface area contributed by atoms with Gasteiger partial charge in [-0.15, -0.1) is 24.8 Å². The van der Waals surface area contributed by atoms with Crippen LogP contribution < -0.4 is 22.1 Å². The Kier molecular flexibility index (Phi) is 16.5. The van der Waals surface area contributed by atoms with Crippen LogP contribution in [0.2, 0.25) is 0 Å². The molecule has 42 heavy (non-hydrogen) atoms. The van der Waals surface area contributed by atoms with E-state index in [1.807, 2.05) is 0 Å². The number of amidine groups is 2. The smallest absolute Gasteiger partial charge is 0.255 e. The first kappa shape index (κ1) is 36.1. The van der Waals surface area contributed by atoms with Crippen LogP contribution in [0.25, 0.3) is 0 Å². The molecule has 3 aromatic rings. The quantitative estimate of drug-likeness (QED) is 0.119. The highest BCUT2D eigenvalue weighted by atomic mass is 35.5. The topological polar surface area (TPSA) is 153 Å². The van der Waals surface area contributed by atoms with Gasteiger partial charge in [0, 0.05) is 74.2 Å². The molecule has 0 fully saturated rings. The minimum atomic E-state index is -0.294. The molecule has 12 heteroatoms. The van der Waals surface area contributed by atoms with E-state index >= 15 is 0 Å². The van der Waals surface area contributed by atoms with E-state index in [4.69, 9.17) is 20.9 Å². The summed E-state index contributed by atoms with van der Waals surface area (Å²) in [6.07, 6.45) is 1.58. The lowest BCUT2D eigenvalue weighted by atomic mass is 10.1. The number of halogens is 2. The van der Waals surface area contributed by atoms with Gasteiger partial charge in [0.25, 0.3) is 11.8 Å². The van der Waals surface area contributed by atoms with Gasteiger partial charge in [0.05, 0.1) is 0 Å². The third-order valence-corrected chi connectivity index (χ3v) is 5.86. The second-order valence-electron chi connectivity index (χ2n) is 8.87. The summed E-state index contributed by atoms with van der Waals surface area (Å²) < 4.78 is 10.0. The largest absolute Gasteiger partial charge is 0.385 e. The van der Waals surface area contributed by atoms with Crippen molar-refractivity contribution in [2.75, 3.05) is 51.2 Å². The van der Waals surface area contributed by atoms with Crippen LogP contribution in [0.5, 0.6) is 0 Å². The first-order chi connectivity index (χ1) is 19.4. The van der Waals surface area contributed by atoms with Crippen LogP contribution in [0.15, 0.2) is 82.8 Å². The van der Waals surface area contributed by atoms with Gasteiger partial charge in [-0.1, -0.05) is 0 Å². The number of anilines is 2. The van der Waals surface area contributed by atoms with Crippen LogP contribution in [0.1, 0.15) is 44.7 Å². The van der Waals surface area contributed by atoms with E-state index in [9.17, 15) is 9.59 Å². The van der Waals surface area contributed by atoms with E-state index < -0.39 is 0 Å². The van der Waals surface area contributed by atoms with Gasteiger partial charge in [-0.3, -0.25) is 19.6 Å². The molecule has 0 spiro atoms. The molecule has 3 rings (SSSR count). The highest BCUT2D eigenvalue weighted by molar-refractivity contribution is 6.07. The Labute approximate surface area is 258 Å². The van der Waals surface area contributed by atoms with Crippen molar-refractivity contribution in [3.8, 4) is 0 Å². The predicted octanol–water partition coefficient (Wildman–Crippen LogP) is 4.52. The summed E-state index contributed by atoms with van der Waals surface area (Å²) in [5.74, 6) is 0.284. The summed E-state index contributed by atoms with van der Waals surface area (Å²) in [7, 11) is 3.29. The lowest BCUT2D eigenvalue weighted by Crippen LogP contribution is -2.16. The molecule has 0 aromatic heterocycles. The molecule has 10 nitrogen and oxygen atoms in total. The predicted molar refractivity (Wildman–Crippen MR) is 174 cm³/mol. The summed E-state index contributed by atoms with van der Waals surface area (Å²) in [5, 5.41) is 5.69. The van der Waals surface area contributed by atoms with Gasteiger partial charge in [-0.05, 0) is 85.6 Å². The average Bonchev–Trinajstić information content (AvgIpc) is 2.98. The number of hydrogen-bond donors (Lipinski definition) is 4. The van der Waals surface area contributed by atoms with Crippen LogP contribution in [0, 0.1) is 0 Å². The zero-order chi connectivity index (χ0) is 28.7. The number of hydrogen-bond acceptors (Lipinski definition) is 6. The highest BCUT2D eigenvalue weighted by Crippen LogP contribution is 2.15. The summed E-state index contributed by atoms with van der Waals surface area (Å²) in [6, 6.07) is 20.7. The summed E-state index contributed by atoms with van der Waals surface area (Å²) in [6.45, 7) is 2.42. The van der Waals surface area contributed by atoms with Crippen LogP contribution >= 0.6 is 24.8 Å². The van der Waals surface area contributed by atoms with Crippen LogP contribution in [0.4, 0.5) is 11.4 Å². The first-order valence-corrected chi connectivity index (χ1v) is 12.9. The van der Waals surface area contributed by atoms with Crippen molar-refractivity contribution < 1.29 is 19.1 Å². The molecule has 0 saturated carbocycles. The Morgan fingerprint density at radius 2 is 0.905 bits per heavy atom. The number of nitrogens with two attached hydrogens (primary N) is 2. The molecule has 0 aliphatic heterocycles. The Morgan fingerprint density at radius 1 is 0.595 bits per heavy atom. The van der Waals surface area contributed by atoms with Crippen molar-refractivity contribution >= 4 is 59.7 Å². The van der Waals surface area contributed by atoms with Gasteiger partial charge < -0.3 is 31.6 Å². The van der Waals surface area contributed by atoms with Gasteiger partial charge in [-0.25, -0.2) is 0 Å². The van der Waals surface area contributed by atoms with E-state index in [2.05, 4.69) is 20.6 Å². The van der Waals surface area contributed by atoms with Gasteiger partial charge in [0.15, 0.2) is 0 Å². The molecular weight excluding hydrogens is 579 g/mol. The van der Waals surface area contributed by atoms with Crippen LogP contribution in [0.3, 0.4) is 0 Å². The summed E-state index contributed by atoms with van der Waals surface area (Å²) >= 11 is 0. The monoisotopic (exact) mass is 616 g/mol. The van der Waals surface area contributed by atoms with E-state index in [-0.39, 0.29) is 36.6 Å². The fourth-order valence-electron chi connectivity index (χ4n) is 3.63. The number of rotatable bonds is 14. The molecule has 0 aliphatic carbocycles. The number of methoxy groups -OCH3 is 2. The summed E-state index contributed by atoms with van der Waals surface area (Å²) in [5.41, 5.74) is 15.7. The highest BCUT2D eigenvalue weighted by Gasteiger charge is 2.11. The molecule has 0 radical (unpaired) electrons. The molecule has 226 valence electrons. The fraction of sp³-hybridized carbons (Fsp3) is 0.267. The minimum Gasteiger partial charge on any atom is -0.385 e. The van der Waals surface area contributed by atoms with E-state index in [1.165, 1.54) is 0 Å². The number of carbonyl (C=O) groups is 2. The molecule has 6 N–H and O–H groups in total. The lowest BCUT2D eigenvalue weighted by Gasteiger charge is -2.09. The number of amides is 2. The number of nitrogens with one attached hydrogen (secondary N) is 2. The van der Waals surface area contributed by atoms with E-state index in [0.717, 1.165) is 24.0 Å². The molecule has 0 bridgehead atoms. The molecule has 0 atom stereocenters. The zero-order valence-electron chi connectivity index (χ0n) is 23.7. The third-order valence-electron chi connectivity index (χ3n) is 5.86. The summed E-state index contributed by atoms with van der Waals surface area (Å²) in [4.78, 5) is 34.0. The van der Waals surface area contributed by atoms with Gasteiger partial charge in [-0.2, -0.15) is 0 Å². The molecule has 0 aliphatic rings. The minimum absolute atomic E-state index is 0. The molecule has 0 unspecified atom stereocenters. The Hall–Kier alpha value is -3.96. The van der Waals surface area contributed by atoms with Crippen LogP contribution in [-0.2, 0) is 9.47 Å². The van der Waals surface area contributed by atoms with Crippen molar-refractivity contribution in [3.05, 3.63) is 95.1 Å². The van der Waals surface area contributed by atoms with Crippen molar-refractivity contribution in [1.29, 1.82) is 0 Å². The Morgan fingerprint density at radius 3 is 1.21 bits per heavy atom. The zero-order valence-corrected chi connectivity index (χ0v) is 25.3. The van der Waals surface area contributed by atoms with Gasteiger partial charge in [0.1, 0.15) is 11.7 Å². The van der Waals surface area contributed by atoms with E-state index in [1.54, 1.807) is 87.0 Å². The molecule has 3 aromatic carbocycles. The second-order valence-corrected chi connectivity index (χ2v) is 8.87. The molecule has 0 saturated heterocycles. The second kappa shape index (κ2) is 19.2. The van der Waals surface area contributed by atoms with Crippen LogP contribution in [-0.4, -0.2) is 64.0 Å². The maximum Gasteiger partial charge on any atom is 0.255 e. The van der Waals surface area contributed by atoms with Crippen molar-refractivity contribution in [1.82, 2.24) is 0 Å². The maximum absolute atomic E-state index is 12.7. The Bertz CT molecular complexity index is 1210. The Balaban J connectivity index is 0.00000441. The standard InChI is InChI=1S/C30H36N6O4.2ClH/c1-39-19-3-17-33-27(31)21-9-13-25(14-10-21)35-29(37)23-5-7-24(8-6-23)30(38)36-26-15-11-22(12-16-26)28(32)34-18-4-20-40-2;;/h5-16H,3-4,17-20H2,1-2H3,(H2,31,33)(H2,32,34)(H,35,37)(H,36,38);2*1H. The third kappa shape index (κ3) is 11.5. The first-order valence-electron chi connectivity index (χ1n) is 12.9. The number of nitrogens with zero attached hydrogens (tertiary/aromatic N) is 2. The van der Waals surface area contributed by atoms with Crippen molar-refractivity contribution in [3.63, 3.8) is 0 Å². The number of ether oxygens (including phenoxy) is 2. The number of aliphatic imine (C=N–C) groups is 2. The number of benzene rings is 3. The van der Waals surface area contributed by atoms with E-state index in [0.29, 0.717) is 60.5 Å². The van der Waals surface area contributed by atoms with Gasteiger partial charge >= 0.3 is 0 Å².